The van der Waals surface area contributed by atoms with Gasteiger partial charge in [0.2, 0.25) is 10.0 Å². The van der Waals surface area contributed by atoms with Crippen LogP contribution in [0.3, 0.4) is 0 Å². The number of carbonyl (C=O) groups is 2. The third-order valence-corrected chi connectivity index (χ3v) is 5.46. The van der Waals surface area contributed by atoms with Crippen molar-refractivity contribution >= 4 is 21.9 Å². The van der Waals surface area contributed by atoms with Gasteiger partial charge in [-0.25, -0.2) is 17.5 Å². The molecule has 140 valence electrons. The molecule has 1 rings (SSSR count). The van der Waals surface area contributed by atoms with Gasteiger partial charge in [0.15, 0.2) is 6.61 Å². The number of carbonyl (C=O) groups excluding carboxylic acids is 2. The zero-order valence-corrected chi connectivity index (χ0v) is 16.0. The summed E-state index contributed by atoms with van der Waals surface area (Å²) in [5, 5.41) is 2.67. The maximum Gasteiger partial charge on any atom is 0.338 e. The van der Waals surface area contributed by atoms with E-state index in [9.17, 15) is 18.0 Å². The van der Waals surface area contributed by atoms with Crippen molar-refractivity contribution in [1.29, 1.82) is 0 Å². The van der Waals surface area contributed by atoms with Gasteiger partial charge < -0.3 is 10.1 Å². The molecular formula is C17H26N2O5S. The quantitative estimate of drug-likeness (QED) is 0.528. The van der Waals surface area contributed by atoms with Crippen LogP contribution in [0.25, 0.3) is 0 Å². The number of nitrogens with zero attached hydrogens (tertiary/aromatic N) is 1. The van der Waals surface area contributed by atoms with Crippen molar-refractivity contribution in [3.05, 3.63) is 29.3 Å². The van der Waals surface area contributed by atoms with E-state index >= 15 is 0 Å². The van der Waals surface area contributed by atoms with Crippen molar-refractivity contribution in [3.8, 4) is 0 Å². The monoisotopic (exact) mass is 370 g/mol. The second kappa shape index (κ2) is 9.53. The Morgan fingerprint density at radius 3 is 2.48 bits per heavy atom. The molecule has 0 aliphatic carbocycles. The van der Waals surface area contributed by atoms with Crippen LogP contribution in [0.5, 0.6) is 0 Å². The Bertz CT molecular complexity index is 714. The number of sulfonamides is 1. The lowest BCUT2D eigenvalue weighted by atomic mass is 10.1. The Kier molecular flexibility index (Phi) is 8.05. The summed E-state index contributed by atoms with van der Waals surface area (Å²) in [6, 6.07) is 4.24. The smallest absolute Gasteiger partial charge is 0.338 e. The van der Waals surface area contributed by atoms with Crippen LogP contribution in [-0.4, -0.2) is 51.8 Å². The molecule has 0 aromatic heterocycles. The van der Waals surface area contributed by atoms with Gasteiger partial charge in [0.1, 0.15) is 0 Å². The average molecular weight is 370 g/mol. The molecule has 0 saturated carbocycles. The third-order valence-electron chi connectivity index (χ3n) is 3.64. The molecule has 0 spiro atoms. The van der Waals surface area contributed by atoms with Crippen LogP contribution in [0.4, 0.5) is 0 Å². The number of hydrogen-bond donors (Lipinski definition) is 1. The van der Waals surface area contributed by atoms with E-state index in [0.717, 1.165) is 23.6 Å². The third kappa shape index (κ3) is 6.13. The van der Waals surface area contributed by atoms with Crippen molar-refractivity contribution in [3.63, 3.8) is 0 Å². The van der Waals surface area contributed by atoms with E-state index in [4.69, 9.17) is 4.74 Å². The van der Waals surface area contributed by atoms with E-state index in [1.54, 1.807) is 6.92 Å². The number of aryl methyl sites for hydroxylation is 1. The van der Waals surface area contributed by atoms with Crippen LogP contribution < -0.4 is 5.32 Å². The van der Waals surface area contributed by atoms with Gasteiger partial charge in [-0.15, -0.1) is 0 Å². The number of ether oxygens (including phenoxy) is 1. The average Bonchev–Trinajstić information content (AvgIpc) is 2.56. The van der Waals surface area contributed by atoms with Gasteiger partial charge in [-0.2, -0.15) is 0 Å². The molecule has 25 heavy (non-hydrogen) atoms. The SMILES string of the molecule is CCCCCNC(=O)COC(=O)c1cc(S(=O)(=O)N(C)C)ccc1C. The zero-order chi connectivity index (χ0) is 19.0. The van der Waals surface area contributed by atoms with E-state index < -0.39 is 22.6 Å². The first kappa shape index (κ1) is 21.1. The Hall–Kier alpha value is -1.93. The van der Waals surface area contributed by atoms with Gasteiger partial charge in [-0.05, 0) is 31.0 Å². The van der Waals surface area contributed by atoms with Gasteiger partial charge in [0.05, 0.1) is 10.5 Å². The van der Waals surface area contributed by atoms with Gasteiger partial charge in [-0.1, -0.05) is 25.8 Å². The van der Waals surface area contributed by atoms with Gasteiger partial charge in [-0.3, -0.25) is 4.79 Å². The summed E-state index contributed by atoms with van der Waals surface area (Å²) < 4.78 is 30.4. The first-order valence-corrected chi connectivity index (χ1v) is 9.61. The second-order valence-corrected chi connectivity index (χ2v) is 8.05. The number of unbranched alkanes of at least 4 members (excludes halogenated alkanes) is 2. The Morgan fingerprint density at radius 1 is 1.20 bits per heavy atom. The van der Waals surface area contributed by atoms with E-state index in [1.165, 1.54) is 32.3 Å². The molecule has 0 heterocycles. The molecule has 0 aliphatic heterocycles. The summed E-state index contributed by atoms with van der Waals surface area (Å²) >= 11 is 0. The van der Waals surface area contributed by atoms with Gasteiger partial charge in [0.25, 0.3) is 5.91 Å². The minimum Gasteiger partial charge on any atom is -0.452 e. The van der Waals surface area contributed by atoms with E-state index in [2.05, 4.69) is 12.2 Å². The fourth-order valence-electron chi connectivity index (χ4n) is 2.05. The predicted octanol–water partition coefficient (Wildman–Crippen LogP) is 1.71. The maximum absolute atomic E-state index is 12.2. The van der Waals surface area contributed by atoms with Crippen LogP contribution in [-0.2, 0) is 19.6 Å². The molecule has 0 saturated heterocycles. The minimum atomic E-state index is -3.65. The van der Waals surface area contributed by atoms with Crippen LogP contribution in [0.15, 0.2) is 23.1 Å². The number of amides is 1. The number of rotatable bonds is 9. The van der Waals surface area contributed by atoms with Crippen molar-refractivity contribution in [2.45, 2.75) is 38.0 Å². The van der Waals surface area contributed by atoms with Crippen LogP contribution in [0.2, 0.25) is 0 Å². The number of esters is 1. The maximum atomic E-state index is 12.2. The normalized spacial score (nSPS) is 11.4. The fraction of sp³-hybridized carbons (Fsp3) is 0.529. The Labute approximate surface area is 149 Å². The van der Waals surface area contributed by atoms with Gasteiger partial charge in [0, 0.05) is 20.6 Å². The molecule has 7 nitrogen and oxygen atoms in total. The fourth-order valence-corrected chi connectivity index (χ4v) is 2.98. The second-order valence-electron chi connectivity index (χ2n) is 5.90. The Morgan fingerprint density at radius 2 is 1.88 bits per heavy atom. The van der Waals surface area contributed by atoms with Crippen molar-refractivity contribution in [2.75, 3.05) is 27.2 Å². The van der Waals surface area contributed by atoms with Gasteiger partial charge >= 0.3 is 5.97 Å². The Balaban J connectivity index is 2.74. The number of benzene rings is 1. The van der Waals surface area contributed by atoms with Crippen LogP contribution in [0.1, 0.15) is 42.1 Å². The van der Waals surface area contributed by atoms with Crippen molar-refractivity contribution in [1.82, 2.24) is 9.62 Å². The molecule has 0 atom stereocenters. The highest BCUT2D eigenvalue weighted by Gasteiger charge is 2.21. The van der Waals surface area contributed by atoms with E-state index in [-0.39, 0.29) is 16.4 Å². The highest BCUT2D eigenvalue weighted by Crippen LogP contribution is 2.18. The zero-order valence-electron chi connectivity index (χ0n) is 15.2. The molecule has 0 unspecified atom stereocenters. The molecule has 0 radical (unpaired) electrons. The molecule has 0 bridgehead atoms. The summed E-state index contributed by atoms with van der Waals surface area (Å²) in [5.74, 6) is -1.10. The first-order chi connectivity index (χ1) is 11.7. The first-order valence-electron chi connectivity index (χ1n) is 8.17. The standard InChI is InChI=1S/C17H26N2O5S/c1-5-6-7-10-18-16(20)12-24-17(21)15-11-14(9-8-13(15)2)25(22,23)19(3)4/h8-9,11H,5-7,10,12H2,1-4H3,(H,18,20). The summed E-state index contributed by atoms with van der Waals surface area (Å²) in [5.41, 5.74) is 0.702. The minimum absolute atomic E-state index is 0.000864. The lowest BCUT2D eigenvalue weighted by Gasteiger charge is -2.13. The summed E-state index contributed by atoms with van der Waals surface area (Å²) in [7, 11) is -0.827. The predicted molar refractivity (Wildman–Crippen MR) is 94.9 cm³/mol. The van der Waals surface area contributed by atoms with Crippen molar-refractivity contribution < 1.29 is 22.7 Å². The largest absolute Gasteiger partial charge is 0.452 e. The number of hydrogen-bond acceptors (Lipinski definition) is 5. The molecule has 0 aliphatic rings. The lowest BCUT2D eigenvalue weighted by molar-refractivity contribution is -0.124. The molecule has 1 aromatic rings. The van der Waals surface area contributed by atoms with Crippen molar-refractivity contribution in [2.24, 2.45) is 0 Å². The molecule has 0 fully saturated rings. The van der Waals surface area contributed by atoms with E-state index in [0.29, 0.717) is 12.1 Å². The lowest BCUT2D eigenvalue weighted by Crippen LogP contribution is -2.29. The number of nitrogens with one attached hydrogen (secondary N) is 1. The van der Waals surface area contributed by atoms with Crippen LogP contribution >= 0.6 is 0 Å². The van der Waals surface area contributed by atoms with Crippen LogP contribution in [0, 0.1) is 6.92 Å². The van der Waals surface area contributed by atoms with E-state index in [1.807, 2.05) is 0 Å². The molecule has 1 amide bonds. The molecule has 1 aromatic carbocycles. The summed E-state index contributed by atoms with van der Waals surface area (Å²) in [6.45, 7) is 3.89. The summed E-state index contributed by atoms with van der Waals surface area (Å²) in [6.07, 6.45) is 2.95. The molecule has 8 heteroatoms. The topological polar surface area (TPSA) is 92.8 Å². The highest BCUT2D eigenvalue weighted by atomic mass is 32.2. The summed E-state index contributed by atoms with van der Waals surface area (Å²) in [4.78, 5) is 23.8. The molecule has 1 N–H and O–H groups in total. The molecular weight excluding hydrogens is 344 g/mol. The highest BCUT2D eigenvalue weighted by molar-refractivity contribution is 7.89.